The monoisotopic (exact) mass is 473 g/mol. The van der Waals surface area contributed by atoms with Crippen molar-refractivity contribution in [1.82, 2.24) is 5.32 Å². The van der Waals surface area contributed by atoms with E-state index >= 15 is 0 Å². The summed E-state index contributed by atoms with van der Waals surface area (Å²) >= 11 is 4.42. The minimum atomic E-state index is -0.607. The number of nitrogens with zero attached hydrogens (tertiary/aromatic N) is 2. The third-order valence-corrected chi connectivity index (χ3v) is 5.10. The number of amides is 1. The molecular weight excluding hydrogens is 458 g/mol. The lowest BCUT2D eigenvalue weighted by molar-refractivity contribution is -0.135. The van der Waals surface area contributed by atoms with Crippen molar-refractivity contribution < 1.29 is 19.1 Å². The molecule has 148 valence electrons. The van der Waals surface area contributed by atoms with Crippen LogP contribution in [0.4, 0.5) is 0 Å². The highest BCUT2D eigenvalue weighted by atomic mass is 79.9. The van der Waals surface area contributed by atoms with E-state index in [1.807, 2.05) is 48.5 Å². The zero-order valence-corrected chi connectivity index (χ0v) is 17.7. The summed E-state index contributed by atoms with van der Waals surface area (Å²) in [4.78, 5) is 23.3. The van der Waals surface area contributed by atoms with Gasteiger partial charge in [-0.1, -0.05) is 40.2 Å². The smallest absolute Gasteiger partial charge is 0.331 e. The maximum atomic E-state index is 11.8. The third-order valence-electron chi connectivity index (χ3n) is 3.67. The van der Waals surface area contributed by atoms with Gasteiger partial charge in [0.1, 0.15) is 12.4 Å². The van der Waals surface area contributed by atoms with Crippen molar-refractivity contribution in [3.8, 4) is 5.75 Å². The Kier molecular flexibility index (Phi) is 7.20. The first-order chi connectivity index (χ1) is 14.0. The van der Waals surface area contributed by atoms with E-state index in [1.54, 1.807) is 6.21 Å². The first-order valence-corrected chi connectivity index (χ1v) is 10.0. The molecule has 2 aromatic carbocycles. The van der Waals surface area contributed by atoms with Gasteiger partial charge in [0.25, 0.3) is 5.91 Å². The van der Waals surface area contributed by atoms with Crippen molar-refractivity contribution in [3.63, 3.8) is 0 Å². The largest absolute Gasteiger partial charge is 0.488 e. The second-order valence-corrected chi connectivity index (χ2v) is 7.64. The molecule has 1 heterocycles. The predicted octanol–water partition coefficient (Wildman–Crippen LogP) is 3.64. The summed E-state index contributed by atoms with van der Waals surface area (Å²) in [7, 11) is 1.24. The molecule has 1 fully saturated rings. The molecular formula is C20H16BrN3O4S. The summed E-state index contributed by atoms with van der Waals surface area (Å²) in [6, 6.07) is 15.3. The number of carbonyl (C=O) groups excluding carboxylic acids is 2. The van der Waals surface area contributed by atoms with Gasteiger partial charge >= 0.3 is 5.97 Å². The van der Waals surface area contributed by atoms with Crippen LogP contribution < -0.4 is 10.1 Å². The van der Waals surface area contributed by atoms with Crippen molar-refractivity contribution in [2.75, 3.05) is 7.11 Å². The van der Waals surface area contributed by atoms with Crippen molar-refractivity contribution in [3.05, 3.63) is 75.1 Å². The second kappa shape index (κ2) is 10.0. The number of benzene rings is 2. The van der Waals surface area contributed by atoms with Crippen LogP contribution in [0.5, 0.6) is 5.75 Å². The number of methoxy groups -OCH3 is 1. The molecule has 1 saturated heterocycles. The van der Waals surface area contributed by atoms with Crippen LogP contribution in [0.3, 0.4) is 0 Å². The zero-order chi connectivity index (χ0) is 20.6. The topological polar surface area (TPSA) is 89.3 Å². The molecule has 0 radical (unpaired) electrons. The van der Waals surface area contributed by atoms with Crippen LogP contribution in [-0.2, 0) is 20.9 Å². The lowest BCUT2D eigenvalue weighted by atomic mass is 10.2. The van der Waals surface area contributed by atoms with Crippen LogP contribution in [0.15, 0.2) is 74.2 Å². The fourth-order valence-corrected chi connectivity index (χ4v) is 3.25. The van der Waals surface area contributed by atoms with Gasteiger partial charge in [0, 0.05) is 16.1 Å². The second-order valence-electron chi connectivity index (χ2n) is 5.69. The normalized spacial score (nSPS) is 16.4. The number of rotatable bonds is 6. The van der Waals surface area contributed by atoms with E-state index in [2.05, 4.69) is 36.2 Å². The Morgan fingerprint density at radius 2 is 1.97 bits per heavy atom. The van der Waals surface area contributed by atoms with Crippen LogP contribution in [0.2, 0.25) is 0 Å². The number of ether oxygens (including phenoxy) is 2. The van der Waals surface area contributed by atoms with Gasteiger partial charge in [0.05, 0.1) is 18.2 Å². The summed E-state index contributed by atoms with van der Waals surface area (Å²) in [5, 5.41) is 10.8. The van der Waals surface area contributed by atoms with E-state index in [-0.39, 0.29) is 10.1 Å². The highest BCUT2D eigenvalue weighted by molar-refractivity contribution is 9.10. The first-order valence-electron chi connectivity index (χ1n) is 8.41. The Labute approximate surface area is 180 Å². The lowest BCUT2D eigenvalue weighted by Crippen LogP contribution is -2.19. The fraction of sp³-hybridized carbons (Fsp3) is 0.100. The number of hydrogen-bond acceptors (Lipinski definition) is 7. The standard InChI is InChI=1S/C20H16BrN3O4S/c1-27-18(25)10-17-19(26)23-20(29-17)24-22-11-14-4-2-3-5-16(14)28-12-13-6-8-15(21)9-7-13/h2-11H,12H2,1H3,(H,23,24,26)/b17-10+,22-11?. The Bertz CT molecular complexity index is 1000. The van der Waals surface area contributed by atoms with Gasteiger partial charge in [0.2, 0.25) is 0 Å². The van der Waals surface area contributed by atoms with Gasteiger partial charge in [-0.3, -0.25) is 10.1 Å². The fourth-order valence-electron chi connectivity index (χ4n) is 2.24. The number of esters is 1. The summed E-state index contributed by atoms with van der Waals surface area (Å²) in [5.41, 5.74) is 1.78. The minimum absolute atomic E-state index is 0.198. The molecule has 0 saturated carbocycles. The Morgan fingerprint density at radius 3 is 2.72 bits per heavy atom. The molecule has 0 bridgehead atoms. The molecule has 0 spiro atoms. The van der Waals surface area contributed by atoms with Crippen molar-refractivity contribution in [2.45, 2.75) is 6.61 Å². The average molecular weight is 474 g/mol. The lowest BCUT2D eigenvalue weighted by Gasteiger charge is -2.08. The van der Waals surface area contributed by atoms with Gasteiger partial charge in [-0.25, -0.2) is 4.79 Å². The number of amidine groups is 1. The number of hydrogen-bond donors (Lipinski definition) is 1. The first kappa shape index (κ1) is 20.8. The molecule has 0 unspecified atom stereocenters. The van der Waals surface area contributed by atoms with Gasteiger partial charge in [-0.15, -0.1) is 5.10 Å². The van der Waals surface area contributed by atoms with Crippen molar-refractivity contribution >= 4 is 51.0 Å². The Morgan fingerprint density at radius 1 is 1.21 bits per heavy atom. The van der Waals surface area contributed by atoms with Gasteiger partial charge < -0.3 is 9.47 Å². The summed E-state index contributed by atoms with van der Waals surface area (Å²) in [5.74, 6) is -0.370. The number of para-hydroxylation sites is 1. The maximum absolute atomic E-state index is 11.8. The van der Waals surface area contributed by atoms with Crippen LogP contribution in [0, 0.1) is 0 Å². The molecule has 2 aromatic rings. The number of thioether (sulfide) groups is 1. The average Bonchev–Trinajstić information content (AvgIpc) is 3.07. The molecule has 0 aromatic heterocycles. The summed E-state index contributed by atoms with van der Waals surface area (Å²) in [6.07, 6.45) is 2.65. The van der Waals surface area contributed by atoms with E-state index in [0.29, 0.717) is 12.4 Å². The van der Waals surface area contributed by atoms with E-state index in [0.717, 1.165) is 33.4 Å². The maximum Gasteiger partial charge on any atom is 0.331 e. The highest BCUT2D eigenvalue weighted by Gasteiger charge is 2.25. The molecule has 1 N–H and O–H groups in total. The van der Waals surface area contributed by atoms with Crippen molar-refractivity contribution in [2.24, 2.45) is 10.2 Å². The van der Waals surface area contributed by atoms with E-state index in [1.165, 1.54) is 7.11 Å². The minimum Gasteiger partial charge on any atom is -0.488 e. The van der Waals surface area contributed by atoms with Gasteiger partial charge in [0.15, 0.2) is 5.17 Å². The molecule has 1 amide bonds. The van der Waals surface area contributed by atoms with Crippen LogP contribution in [0.25, 0.3) is 0 Å². The number of nitrogens with one attached hydrogen (secondary N) is 1. The number of carbonyl (C=O) groups is 2. The summed E-state index contributed by atoms with van der Waals surface area (Å²) < 4.78 is 11.4. The molecule has 0 atom stereocenters. The quantitative estimate of drug-likeness (QED) is 0.299. The van der Waals surface area contributed by atoms with Gasteiger partial charge in [-0.05, 0) is 41.6 Å². The van der Waals surface area contributed by atoms with Crippen LogP contribution >= 0.6 is 27.7 Å². The van der Waals surface area contributed by atoms with Crippen LogP contribution in [0.1, 0.15) is 11.1 Å². The molecule has 7 nitrogen and oxygen atoms in total. The predicted molar refractivity (Wildman–Crippen MR) is 116 cm³/mol. The molecule has 9 heteroatoms. The van der Waals surface area contributed by atoms with Crippen LogP contribution in [-0.4, -0.2) is 30.4 Å². The van der Waals surface area contributed by atoms with E-state index in [9.17, 15) is 9.59 Å². The molecule has 1 aliphatic heterocycles. The van der Waals surface area contributed by atoms with E-state index in [4.69, 9.17) is 4.74 Å². The summed E-state index contributed by atoms with van der Waals surface area (Å²) in [6.45, 7) is 0.417. The SMILES string of the molecule is COC(=O)/C=C1/S/C(=N\N=Cc2ccccc2OCc2ccc(Br)cc2)NC1=O. The van der Waals surface area contributed by atoms with Crippen molar-refractivity contribution in [1.29, 1.82) is 0 Å². The highest BCUT2D eigenvalue weighted by Crippen LogP contribution is 2.24. The molecule has 29 heavy (non-hydrogen) atoms. The van der Waals surface area contributed by atoms with Gasteiger partial charge in [-0.2, -0.15) is 5.10 Å². The third kappa shape index (κ3) is 6.03. The molecule has 0 aliphatic carbocycles. The molecule has 1 aliphatic rings. The molecule has 3 rings (SSSR count). The zero-order valence-electron chi connectivity index (χ0n) is 15.3. The van der Waals surface area contributed by atoms with E-state index < -0.39 is 11.9 Å². The Hall–Kier alpha value is -2.91. The number of halogens is 1. The Balaban J connectivity index is 1.66.